The van der Waals surface area contributed by atoms with Crippen LogP contribution < -0.4 is 5.32 Å². The van der Waals surface area contributed by atoms with Crippen molar-refractivity contribution in [3.8, 4) is 0 Å². The molecule has 43 heavy (non-hydrogen) atoms. The number of aromatic nitrogens is 1. The monoisotopic (exact) mass is 602 g/mol. The minimum absolute atomic E-state index is 0.0337. The lowest BCUT2D eigenvalue weighted by molar-refractivity contribution is -0.140. The van der Waals surface area contributed by atoms with E-state index in [0.717, 1.165) is 55.0 Å². The summed E-state index contributed by atoms with van der Waals surface area (Å²) in [5, 5.41) is 4.17. The molecule has 1 N–H and O–H groups in total. The standard InChI is InChI=1S/C33H51FN4O5/c1-24(36(2)3)32(39)35-31(25-9-6-5-7-10-25)33(40)38-14-8-11-28(38)21-26-23-37(30-22-27(34)12-13-29(26)30)15-16-42-19-20-43-18-17-41-4/h12-13,22-25,28,31H,5-11,14-21H2,1-4H3,(H,35,39)/t24-,28-,31-/m0/s1. The molecular formula is C33H51FN4O5. The summed E-state index contributed by atoms with van der Waals surface area (Å²) in [6, 6.07) is 4.14. The van der Waals surface area contributed by atoms with E-state index in [2.05, 4.69) is 11.5 Å². The van der Waals surface area contributed by atoms with Gasteiger partial charge in [0, 0.05) is 37.8 Å². The number of carbonyl (C=O) groups is 2. The first-order valence-corrected chi connectivity index (χ1v) is 16.0. The van der Waals surface area contributed by atoms with Crippen molar-refractivity contribution in [2.75, 3.05) is 60.8 Å². The number of fused-ring (bicyclic) bond motifs is 1. The van der Waals surface area contributed by atoms with Crippen molar-refractivity contribution in [3.63, 3.8) is 0 Å². The Morgan fingerprint density at radius 3 is 2.47 bits per heavy atom. The Hall–Kier alpha value is -2.53. The fraction of sp³-hybridized carbons (Fsp3) is 0.697. The Morgan fingerprint density at radius 2 is 1.74 bits per heavy atom. The Labute approximate surface area is 256 Å². The summed E-state index contributed by atoms with van der Waals surface area (Å²) < 4.78 is 32.6. The zero-order valence-corrected chi connectivity index (χ0v) is 26.5. The maximum atomic E-state index is 14.3. The van der Waals surface area contributed by atoms with E-state index in [1.54, 1.807) is 13.2 Å². The van der Waals surface area contributed by atoms with Crippen LogP contribution in [0.2, 0.25) is 0 Å². The highest BCUT2D eigenvalue weighted by molar-refractivity contribution is 5.90. The molecule has 1 aliphatic heterocycles. The molecule has 0 radical (unpaired) electrons. The summed E-state index contributed by atoms with van der Waals surface area (Å²) in [4.78, 5) is 31.2. The van der Waals surface area contributed by atoms with Crippen molar-refractivity contribution in [1.82, 2.24) is 19.7 Å². The van der Waals surface area contributed by atoms with E-state index in [-0.39, 0.29) is 35.6 Å². The zero-order chi connectivity index (χ0) is 30.8. The summed E-state index contributed by atoms with van der Waals surface area (Å²) in [6.07, 6.45) is 9.92. The summed E-state index contributed by atoms with van der Waals surface area (Å²) in [6.45, 7) is 5.71. The lowest BCUT2D eigenvalue weighted by Gasteiger charge is -2.36. The van der Waals surface area contributed by atoms with E-state index >= 15 is 0 Å². The van der Waals surface area contributed by atoms with Gasteiger partial charge in [-0.25, -0.2) is 4.39 Å². The van der Waals surface area contributed by atoms with Crippen LogP contribution >= 0.6 is 0 Å². The van der Waals surface area contributed by atoms with Gasteiger partial charge in [-0.05, 0) is 82.8 Å². The average molecular weight is 603 g/mol. The molecule has 2 aromatic rings. The van der Waals surface area contributed by atoms with Gasteiger partial charge in [0.1, 0.15) is 11.9 Å². The molecule has 1 saturated carbocycles. The van der Waals surface area contributed by atoms with Crippen LogP contribution in [0.15, 0.2) is 24.4 Å². The number of ether oxygens (including phenoxy) is 3. The Balaban J connectivity index is 1.45. The number of halogens is 1. The first-order valence-electron chi connectivity index (χ1n) is 16.0. The second-order valence-electron chi connectivity index (χ2n) is 12.3. The topological polar surface area (TPSA) is 85.3 Å². The normalized spacial score (nSPS) is 19.3. The number of nitrogens with one attached hydrogen (secondary N) is 1. The predicted molar refractivity (Wildman–Crippen MR) is 166 cm³/mol. The molecule has 2 amide bonds. The van der Waals surface area contributed by atoms with Crippen LogP contribution in [0, 0.1) is 11.7 Å². The number of likely N-dealkylation sites (N-methyl/N-ethyl adjacent to an activating group) is 1. The van der Waals surface area contributed by atoms with Crippen LogP contribution in [-0.4, -0.2) is 105 Å². The van der Waals surface area contributed by atoms with Gasteiger partial charge in [0.25, 0.3) is 0 Å². The third kappa shape index (κ3) is 9.00. The van der Waals surface area contributed by atoms with Gasteiger partial charge in [-0.1, -0.05) is 19.3 Å². The lowest BCUT2D eigenvalue weighted by Crippen LogP contribution is -2.56. The molecule has 4 rings (SSSR count). The van der Waals surface area contributed by atoms with Gasteiger partial charge >= 0.3 is 0 Å². The molecule has 2 heterocycles. The number of methoxy groups -OCH3 is 1. The van der Waals surface area contributed by atoms with Crippen LogP contribution in [0.25, 0.3) is 10.9 Å². The van der Waals surface area contributed by atoms with Gasteiger partial charge in [0.2, 0.25) is 11.8 Å². The van der Waals surface area contributed by atoms with Crippen molar-refractivity contribution < 1.29 is 28.2 Å². The van der Waals surface area contributed by atoms with E-state index in [9.17, 15) is 14.0 Å². The second-order valence-corrected chi connectivity index (χ2v) is 12.3. The zero-order valence-electron chi connectivity index (χ0n) is 26.5. The van der Waals surface area contributed by atoms with E-state index in [4.69, 9.17) is 14.2 Å². The molecule has 10 heteroatoms. The van der Waals surface area contributed by atoms with Gasteiger partial charge in [0.05, 0.1) is 44.6 Å². The van der Waals surface area contributed by atoms with E-state index in [0.29, 0.717) is 52.5 Å². The molecule has 9 nitrogen and oxygen atoms in total. The number of amides is 2. The minimum atomic E-state index is -0.498. The van der Waals surface area contributed by atoms with Crippen LogP contribution in [0.5, 0.6) is 0 Å². The van der Waals surface area contributed by atoms with E-state index in [1.165, 1.54) is 12.5 Å². The molecule has 1 aromatic carbocycles. The minimum Gasteiger partial charge on any atom is -0.382 e. The number of hydrogen-bond acceptors (Lipinski definition) is 6. The maximum Gasteiger partial charge on any atom is 0.245 e. The van der Waals surface area contributed by atoms with E-state index in [1.807, 2.05) is 41.5 Å². The second kappa shape index (κ2) is 16.5. The molecule has 0 spiro atoms. The van der Waals surface area contributed by atoms with Gasteiger partial charge in [-0.2, -0.15) is 0 Å². The fourth-order valence-corrected chi connectivity index (χ4v) is 6.44. The molecule has 1 aliphatic carbocycles. The summed E-state index contributed by atoms with van der Waals surface area (Å²) in [5.74, 6) is -0.166. The fourth-order valence-electron chi connectivity index (χ4n) is 6.44. The largest absolute Gasteiger partial charge is 0.382 e. The highest BCUT2D eigenvalue weighted by atomic mass is 19.1. The molecule has 2 fully saturated rings. The van der Waals surface area contributed by atoms with Gasteiger partial charge in [-0.15, -0.1) is 0 Å². The van der Waals surface area contributed by atoms with Crippen molar-refractivity contribution in [2.24, 2.45) is 5.92 Å². The average Bonchev–Trinajstić information content (AvgIpc) is 3.61. The summed E-state index contributed by atoms with van der Waals surface area (Å²) in [7, 11) is 5.40. The molecule has 0 bridgehead atoms. The molecule has 2 aliphatic rings. The smallest absolute Gasteiger partial charge is 0.245 e. The maximum absolute atomic E-state index is 14.3. The van der Waals surface area contributed by atoms with Gasteiger partial charge in [0.15, 0.2) is 0 Å². The number of rotatable bonds is 16. The number of benzene rings is 1. The third-order valence-corrected chi connectivity index (χ3v) is 9.16. The summed E-state index contributed by atoms with van der Waals surface area (Å²) >= 11 is 0. The number of likely N-dealkylation sites (tertiary alicyclic amines) is 1. The number of hydrogen-bond donors (Lipinski definition) is 1. The molecule has 240 valence electrons. The van der Waals surface area contributed by atoms with Gasteiger partial charge in [-0.3, -0.25) is 14.5 Å². The van der Waals surface area contributed by atoms with Crippen molar-refractivity contribution >= 4 is 22.7 Å². The molecule has 1 aromatic heterocycles. The number of carbonyl (C=O) groups excluding carboxylic acids is 2. The lowest BCUT2D eigenvalue weighted by atomic mass is 9.83. The Bertz CT molecular complexity index is 1180. The quantitative estimate of drug-likeness (QED) is 0.293. The highest BCUT2D eigenvalue weighted by Gasteiger charge is 2.39. The Kier molecular flexibility index (Phi) is 12.8. The number of nitrogens with zero attached hydrogens (tertiary/aromatic N) is 3. The summed E-state index contributed by atoms with van der Waals surface area (Å²) in [5.41, 5.74) is 1.93. The molecule has 0 unspecified atom stereocenters. The van der Waals surface area contributed by atoms with E-state index < -0.39 is 6.04 Å². The third-order valence-electron chi connectivity index (χ3n) is 9.16. The molecular weight excluding hydrogens is 551 g/mol. The first-order chi connectivity index (χ1) is 20.8. The van der Waals surface area contributed by atoms with Crippen molar-refractivity contribution in [1.29, 1.82) is 0 Å². The van der Waals surface area contributed by atoms with Crippen LogP contribution in [0.1, 0.15) is 57.4 Å². The van der Waals surface area contributed by atoms with Crippen LogP contribution in [0.4, 0.5) is 4.39 Å². The highest BCUT2D eigenvalue weighted by Crippen LogP contribution is 2.32. The Morgan fingerprint density at radius 1 is 1.02 bits per heavy atom. The molecule has 3 atom stereocenters. The van der Waals surface area contributed by atoms with Crippen molar-refractivity contribution in [2.45, 2.75) is 83.0 Å². The van der Waals surface area contributed by atoms with Gasteiger partial charge < -0.3 is 29.0 Å². The SMILES string of the molecule is COCCOCCOCCn1cc(C[C@@H]2CCCN2C(=O)[C@@H](NC(=O)[C@H](C)N(C)C)C2CCCCC2)c2ccc(F)cc21. The van der Waals surface area contributed by atoms with Crippen LogP contribution in [-0.2, 0) is 36.8 Å². The van der Waals surface area contributed by atoms with Crippen molar-refractivity contribution in [3.05, 3.63) is 35.8 Å². The molecule has 1 saturated heterocycles. The predicted octanol–water partition coefficient (Wildman–Crippen LogP) is 4.01. The first kappa shape index (κ1) is 33.4. The van der Waals surface area contributed by atoms with Crippen LogP contribution in [0.3, 0.4) is 0 Å².